The van der Waals surface area contributed by atoms with E-state index in [4.69, 9.17) is 0 Å². The molecule has 124 valence electrons. The van der Waals surface area contributed by atoms with E-state index in [-0.39, 0.29) is 11.8 Å². The zero-order valence-corrected chi connectivity index (χ0v) is 13.1. The first-order valence-corrected chi connectivity index (χ1v) is 7.72. The van der Waals surface area contributed by atoms with Gasteiger partial charge in [-0.2, -0.15) is 0 Å². The van der Waals surface area contributed by atoms with E-state index in [1.165, 1.54) is 18.3 Å². The summed E-state index contributed by atoms with van der Waals surface area (Å²) in [6.45, 7) is 2.56. The fourth-order valence-corrected chi connectivity index (χ4v) is 2.47. The number of carbonyl (C=O) groups is 1. The number of urea groups is 1. The third-order valence-corrected chi connectivity index (χ3v) is 3.73. The van der Waals surface area contributed by atoms with Gasteiger partial charge in [0.1, 0.15) is 5.82 Å². The van der Waals surface area contributed by atoms with E-state index >= 15 is 0 Å². The van der Waals surface area contributed by atoms with E-state index in [1.54, 1.807) is 41.6 Å². The minimum absolute atomic E-state index is 0.170. The monoisotopic (exact) mass is 327 g/mol. The van der Waals surface area contributed by atoms with Gasteiger partial charge in [0.25, 0.3) is 0 Å². The Bertz CT molecular complexity index is 714. The standard InChI is InChI=1S/C17H18FN5O/c18-15-4-1-3-14(13-15)5-8-21-17(24)23-11-9-22(10-12-23)16-19-6-2-7-20-16/h1-8,13H,9-12H2,(H,21,24)/b8-5+. The van der Waals surface area contributed by atoms with E-state index in [2.05, 4.69) is 15.3 Å². The molecule has 6 nitrogen and oxygen atoms in total. The molecule has 0 unspecified atom stereocenters. The SMILES string of the molecule is O=C(N/C=C/c1cccc(F)c1)N1CCN(c2ncccn2)CC1. The second-order valence-corrected chi connectivity index (χ2v) is 5.36. The first kappa shape index (κ1) is 15.9. The Morgan fingerprint density at radius 2 is 1.88 bits per heavy atom. The smallest absolute Gasteiger partial charge is 0.321 e. The predicted molar refractivity (Wildman–Crippen MR) is 89.8 cm³/mol. The van der Waals surface area contributed by atoms with Gasteiger partial charge < -0.3 is 15.1 Å². The van der Waals surface area contributed by atoms with Crippen LogP contribution in [0.4, 0.5) is 15.1 Å². The van der Waals surface area contributed by atoms with Crippen LogP contribution in [0.5, 0.6) is 0 Å². The van der Waals surface area contributed by atoms with Gasteiger partial charge in [-0.05, 0) is 29.8 Å². The Morgan fingerprint density at radius 1 is 1.12 bits per heavy atom. The molecule has 0 radical (unpaired) electrons. The summed E-state index contributed by atoms with van der Waals surface area (Å²) in [6, 6.07) is 7.79. The van der Waals surface area contributed by atoms with E-state index < -0.39 is 0 Å². The second kappa shape index (κ2) is 7.54. The summed E-state index contributed by atoms with van der Waals surface area (Å²) in [5, 5.41) is 2.71. The van der Waals surface area contributed by atoms with Crippen LogP contribution < -0.4 is 10.2 Å². The highest BCUT2D eigenvalue weighted by Gasteiger charge is 2.21. The maximum Gasteiger partial charge on any atom is 0.321 e. The Balaban J connectivity index is 1.49. The van der Waals surface area contributed by atoms with Crippen molar-refractivity contribution in [3.63, 3.8) is 0 Å². The molecule has 0 saturated carbocycles. The Hall–Kier alpha value is -2.96. The molecule has 3 rings (SSSR count). The molecule has 7 heteroatoms. The number of benzene rings is 1. The first-order valence-electron chi connectivity index (χ1n) is 7.72. The lowest BCUT2D eigenvalue weighted by Gasteiger charge is -2.34. The highest BCUT2D eigenvalue weighted by Crippen LogP contribution is 2.10. The topological polar surface area (TPSA) is 61.4 Å². The zero-order valence-electron chi connectivity index (χ0n) is 13.1. The molecule has 2 amide bonds. The first-order chi connectivity index (χ1) is 11.7. The van der Waals surface area contributed by atoms with E-state index in [0.717, 1.165) is 0 Å². The van der Waals surface area contributed by atoms with Gasteiger partial charge in [-0.15, -0.1) is 0 Å². The number of nitrogens with one attached hydrogen (secondary N) is 1. The summed E-state index contributed by atoms with van der Waals surface area (Å²) < 4.78 is 13.1. The molecule has 1 N–H and O–H groups in total. The largest absolute Gasteiger partial charge is 0.337 e. The summed E-state index contributed by atoms with van der Waals surface area (Å²) in [5.41, 5.74) is 0.696. The van der Waals surface area contributed by atoms with Crippen molar-refractivity contribution in [3.05, 3.63) is 60.3 Å². The molecule has 1 aliphatic rings. The highest BCUT2D eigenvalue weighted by molar-refractivity contribution is 5.76. The lowest BCUT2D eigenvalue weighted by molar-refractivity contribution is 0.198. The van der Waals surface area contributed by atoms with Crippen LogP contribution in [0.1, 0.15) is 5.56 Å². The van der Waals surface area contributed by atoms with Crippen LogP contribution >= 0.6 is 0 Å². The molecular weight excluding hydrogens is 309 g/mol. The Kier molecular flexibility index (Phi) is 5.00. The lowest BCUT2D eigenvalue weighted by Crippen LogP contribution is -2.51. The average Bonchev–Trinajstić information content (AvgIpc) is 2.63. The van der Waals surface area contributed by atoms with Crippen molar-refractivity contribution >= 4 is 18.1 Å². The average molecular weight is 327 g/mol. The number of amides is 2. The van der Waals surface area contributed by atoms with Crippen LogP contribution in [0.25, 0.3) is 6.08 Å². The zero-order chi connectivity index (χ0) is 16.8. The summed E-state index contributed by atoms with van der Waals surface area (Å²) >= 11 is 0. The van der Waals surface area contributed by atoms with Crippen molar-refractivity contribution in [2.45, 2.75) is 0 Å². The fraction of sp³-hybridized carbons (Fsp3) is 0.235. The minimum atomic E-state index is -0.303. The maximum atomic E-state index is 13.1. The number of rotatable bonds is 3. The number of halogens is 1. The predicted octanol–water partition coefficient (Wildman–Crippen LogP) is 2.12. The molecule has 0 aliphatic carbocycles. The summed E-state index contributed by atoms with van der Waals surface area (Å²) in [7, 11) is 0. The van der Waals surface area contributed by atoms with E-state index in [1.807, 2.05) is 4.90 Å². The van der Waals surface area contributed by atoms with Crippen LogP contribution in [-0.2, 0) is 0 Å². The van der Waals surface area contributed by atoms with Gasteiger partial charge in [0.2, 0.25) is 5.95 Å². The number of nitrogens with zero attached hydrogens (tertiary/aromatic N) is 4. The van der Waals surface area contributed by atoms with Gasteiger partial charge in [-0.25, -0.2) is 19.2 Å². The highest BCUT2D eigenvalue weighted by atomic mass is 19.1. The van der Waals surface area contributed by atoms with Crippen molar-refractivity contribution in [1.29, 1.82) is 0 Å². The molecule has 2 heterocycles. The number of carbonyl (C=O) groups excluding carboxylic acids is 1. The van der Waals surface area contributed by atoms with Crippen molar-refractivity contribution in [2.24, 2.45) is 0 Å². The van der Waals surface area contributed by atoms with E-state index in [9.17, 15) is 9.18 Å². The molecule has 1 saturated heterocycles. The fourth-order valence-electron chi connectivity index (χ4n) is 2.47. The maximum absolute atomic E-state index is 13.1. The van der Waals surface area contributed by atoms with Crippen LogP contribution in [0, 0.1) is 5.82 Å². The van der Waals surface area contributed by atoms with Gasteiger partial charge in [-0.3, -0.25) is 0 Å². The van der Waals surface area contributed by atoms with Crippen molar-refractivity contribution in [3.8, 4) is 0 Å². The quantitative estimate of drug-likeness (QED) is 0.938. The molecular formula is C17H18FN5O. The van der Waals surface area contributed by atoms with Crippen LogP contribution in [0.3, 0.4) is 0 Å². The van der Waals surface area contributed by atoms with Crippen LogP contribution in [0.2, 0.25) is 0 Å². The molecule has 0 bridgehead atoms. The third kappa shape index (κ3) is 4.07. The third-order valence-electron chi connectivity index (χ3n) is 3.73. The molecule has 1 aromatic carbocycles. The van der Waals surface area contributed by atoms with E-state index in [0.29, 0.717) is 37.7 Å². The van der Waals surface area contributed by atoms with Crippen molar-refractivity contribution < 1.29 is 9.18 Å². The van der Waals surface area contributed by atoms with Gasteiger partial charge in [0, 0.05) is 44.8 Å². The summed E-state index contributed by atoms with van der Waals surface area (Å²) in [6.07, 6.45) is 6.61. The molecule has 24 heavy (non-hydrogen) atoms. The summed E-state index contributed by atoms with van der Waals surface area (Å²) in [4.78, 5) is 24.4. The number of anilines is 1. The molecule has 1 fully saturated rings. The van der Waals surface area contributed by atoms with Gasteiger partial charge in [0.05, 0.1) is 0 Å². The molecule has 2 aromatic rings. The van der Waals surface area contributed by atoms with Crippen molar-refractivity contribution in [2.75, 3.05) is 31.1 Å². The Labute approximate surface area is 139 Å². The van der Waals surface area contributed by atoms with Crippen molar-refractivity contribution in [1.82, 2.24) is 20.2 Å². The Morgan fingerprint density at radius 3 is 2.58 bits per heavy atom. The molecule has 1 aromatic heterocycles. The molecule has 1 aliphatic heterocycles. The van der Waals surface area contributed by atoms with Crippen LogP contribution in [0.15, 0.2) is 48.9 Å². The molecule has 0 atom stereocenters. The second-order valence-electron chi connectivity index (χ2n) is 5.36. The number of aromatic nitrogens is 2. The van der Waals surface area contributed by atoms with Gasteiger partial charge in [-0.1, -0.05) is 12.1 Å². The normalized spacial score (nSPS) is 14.9. The van der Waals surface area contributed by atoms with Gasteiger partial charge in [0.15, 0.2) is 0 Å². The number of hydrogen-bond acceptors (Lipinski definition) is 4. The lowest BCUT2D eigenvalue weighted by atomic mass is 10.2. The number of piperazine rings is 1. The molecule has 0 spiro atoms. The number of hydrogen-bond donors (Lipinski definition) is 1. The summed E-state index contributed by atoms with van der Waals surface area (Å²) in [5.74, 6) is 0.381. The van der Waals surface area contributed by atoms with Gasteiger partial charge >= 0.3 is 6.03 Å². The van der Waals surface area contributed by atoms with Crippen LogP contribution in [-0.4, -0.2) is 47.1 Å². The minimum Gasteiger partial charge on any atom is -0.337 e.